The quantitative estimate of drug-likeness (QED) is 0.276. The van der Waals surface area contributed by atoms with E-state index in [9.17, 15) is 18.0 Å². The minimum atomic E-state index is -4.37. The maximum absolute atomic E-state index is 13.0. The van der Waals surface area contributed by atoms with Gasteiger partial charge < -0.3 is 15.4 Å². The van der Waals surface area contributed by atoms with Crippen LogP contribution in [0.4, 0.5) is 10.5 Å². The van der Waals surface area contributed by atoms with Gasteiger partial charge in [0.05, 0.1) is 29.5 Å². The number of nitrogens with zero attached hydrogens (tertiary/aromatic N) is 1. The highest BCUT2D eigenvalue weighted by atomic mass is 32.2. The Hall–Kier alpha value is -2.96. The number of carbonyl (C=O) groups is 2. The zero-order chi connectivity index (χ0) is 24.6. The van der Waals surface area contributed by atoms with E-state index in [4.69, 9.17) is 4.55 Å². The summed E-state index contributed by atoms with van der Waals surface area (Å²) in [6.45, 7) is 7.56. The van der Waals surface area contributed by atoms with Crippen molar-refractivity contribution in [3.63, 3.8) is 0 Å². The summed E-state index contributed by atoms with van der Waals surface area (Å²) in [6, 6.07) is 4.99. The van der Waals surface area contributed by atoms with Crippen LogP contribution in [0, 0.1) is 0 Å². The Morgan fingerprint density at radius 2 is 1.91 bits per heavy atom. The lowest BCUT2D eigenvalue weighted by Crippen LogP contribution is -2.48. The second-order valence-corrected chi connectivity index (χ2v) is 9.51. The highest BCUT2D eigenvalue weighted by molar-refractivity contribution is 7.87. The third kappa shape index (κ3) is 8.83. The van der Waals surface area contributed by atoms with Crippen molar-refractivity contribution in [1.29, 1.82) is 0 Å². The van der Waals surface area contributed by atoms with Crippen molar-refractivity contribution < 1.29 is 27.3 Å². The standard InChI is InChI=1S/C21H28N4O6S2/c1-5-19-22-18(12-32-19)16(11-14-6-8-15(9-7-14)25-33(28,29)30)23-20(26)17(10-13(2)3)24-21(27)31-4/h6-9,12,16-17,25H,2,5,10-11H2,1,3-4H3,(H,23,26)(H,24,27)(H,28,29,30)/t16-,17-/m0/s1. The molecule has 10 nitrogen and oxygen atoms in total. The van der Waals surface area contributed by atoms with E-state index < -0.39 is 34.4 Å². The maximum atomic E-state index is 13.0. The SMILES string of the molecule is C=C(C)C[C@H](NC(=O)OC)C(=O)N[C@@H](Cc1ccc(NS(=O)(=O)O)cc1)c1csc(CC)n1. The fraction of sp³-hybridized carbons (Fsp3) is 0.381. The molecule has 0 saturated carbocycles. The number of methoxy groups -OCH3 is 1. The van der Waals surface area contributed by atoms with Crippen molar-refractivity contribution in [1.82, 2.24) is 15.6 Å². The Morgan fingerprint density at radius 1 is 1.24 bits per heavy atom. The molecule has 4 N–H and O–H groups in total. The van der Waals surface area contributed by atoms with Crippen molar-refractivity contribution >= 4 is 39.3 Å². The topological polar surface area (TPSA) is 147 Å². The highest BCUT2D eigenvalue weighted by Crippen LogP contribution is 2.23. The van der Waals surface area contributed by atoms with E-state index in [1.165, 1.54) is 30.6 Å². The lowest BCUT2D eigenvalue weighted by Gasteiger charge is -2.23. The van der Waals surface area contributed by atoms with E-state index >= 15 is 0 Å². The van der Waals surface area contributed by atoms with Gasteiger partial charge in [-0.1, -0.05) is 24.6 Å². The third-order valence-electron chi connectivity index (χ3n) is 4.53. The van der Waals surface area contributed by atoms with Gasteiger partial charge in [0.15, 0.2) is 0 Å². The van der Waals surface area contributed by atoms with Crippen LogP contribution in [0.5, 0.6) is 0 Å². The van der Waals surface area contributed by atoms with Gasteiger partial charge in [0.1, 0.15) is 6.04 Å². The molecule has 0 aliphatic carbocycles. The molecule has 0 radical (unpaired) electrons. The number of carbonyl (C=O) groups excluding carboxylic acids is 2. The summed E-state index contributed by atoms with van der Waals surface area (Å²) in [6.07, 6.45) is 0.629. The van der Waals surface area contributed by atoms with Crippen LogP contribution in [-0.4, -0.2) is 43.1 Å². The lowest BCUT2D eigenvalue weighted by atomic mass is 10.0. The van der Waals surface area contributed by atoms with E-state index in [1.54, 1.807) is 19.1 Å². The van der Waals surface area contributed by atoms with Crippen LogP contribution in [0.3, 0.4) is 0 Å². The van der Waals surface area contributed by atoms with E-state index in [0.29, 0.717) is 17.7 Å². The molecule has 2 aromatic rings. The lowest BCUT2D eigenvalue weighted by molar-refractivity contribution is -0.123. The molecule has 0 spiro atoms. The van der Waals surface area contributed by atoms with Gasteiger partial charge in [0.25, 0.3) is 0 Å². The predicted octanol–water partition coefficient (Wildman–Crippen LogP) is 3.01. The number of aryl methyl sites for hydroxylation is 1. The first-order valence-corrected chi connectivity index (χ1v) is 12.4. The molecule has 0 aliphatic heterocycles. The number of rotatable bonds is 11. The number of nitrogens with one attached hydrogen (secondary N) is 3. The fourth-order valence-corrected chi connectivity index (χ4v) is 4.23. The van der Waals surface area contributed by atoms with E-state index in [1.807, 2.05) is 17.0 Å². The summed E-state index contributed by atoms with van der Waals surface area (Å²) >= 11 is 1.49. The van der Waals surface area contributed by atoms with Crippen LogP contribution in [0.15, 0.2) is 41.8 Å². The first kappa shape index (κ1) is 26.3. The molecule has 0 fully saturated rings. The van der Waals surface area contributed by atoms with E-state index in [-0.39, 0.29) is 12.1 Å². The van der Waals surface area contributed by atoms with Crippen molar-refractivity contribution in [2.45, 2.75) is 45.2 Å². The number of hydrogen-bond donors (Lipinski definition) is 4. The predicted molar refractivity (Wildman–Crippen MR) is 126 cm³/mol. The molecule has 0 saturated heterocycles. The van der Waals surface area contributed by atoms with Crippen molar-refractivity contribution in [3.05, 3.63) is 58.1 Å². The molecule has 180 valence electrons. The van der Waals surface area contributed by atoms with E-state index in [0.717, 1.165) is 17.0 Å². The van der Waals surface area contributed by atoms with Crippen LogP contribution < -0.4 is 15.4 Å². The Kier molecular flexibility index (Phi) is 9.38. The van der Waals surface area contributed by atoms with Gasteiger partial charge in [-0.25, -0.2) is 9.78 Å². The molecule has 33 heavy (non-hydrogen) atoms. The number of hydrogen-bond acceptors (Lipinski definition) is 7. The molecular weight excluding hydrogens is 468 g/mol. The molecule has 1 aromatic heterocycles. The number of thiazole rings is 1. The van der Waals surface area contributed by atoms with Crippen LogP contribution in [0.25, 0.3) is 0 Å². The molecule has 0 aliphatic rings. The fourth-order valence-electron chi connectivity index (χ4n) is 3.00. The van der Waals surface area contributed by atoms with Crippen LogP contribution in [0.2, 0.25) is 0 Å². The summed E-state index contributed by atoms with van der Waals surface area (Å²) in [5, 5.41) is 8.27. The number of anilines is 1. The number of alkyl carbamates (subject to hydrolysis) is 1. The second kappa shape index (κ2) is 11.8. The average Bonchev–Trinajstić information content (AvgIpc) is 3.22. The molecule has 0 unspecified atom stereocenters. The zero-order valence-electron chi connectivity index (χ0n) is 18.6. The van der Waals surface area contributed by atoms with Crippen molar-refractivity contribution in [2.75, 3.05) is 11.8 Å². The van der Waals surface area contributed by atoms with E-state index in [2.05, 4.69) is 26.9 Å². The summed E-state index contributed by atoms with van der Waals surface area (Å²) in [7, 11) is -3.15. The van der Waals surface area contributed by atoms with Crippen LogP contribution in [-0.2, 0) is 32.7 Å². The van der Waals surface area contributed by atoms with Crippen LogP contribution >= 0.6 is 11.3 Å². The van der Waals surface area contributed by atoms with Gasteiger partial charge in [-0.2, -0.15) is 8.42 Å². The van der Waals surface area contributed by atoms with Gasteiger partial charge in [0, 0.05) is 5.38 Å². The summed E-state index contributed by atoms with van der Waals surface area (Å²) < 4.78 is 37.5. The Labute approximate surface area is 197 Å². The van der Waals surface area contributed by atoms with Gasteiger partial charge >= 0.3 is 16.4 Å². The number of benzene rings is 1. The highest BCUT2D eigenvalue weighted by Gasteiger charge is 2.26. The number of amides is 2. The minimum absolute atomic E-state index is 0.201. The second-order valence-electron chi connectivity index (χ2n) is 7.41. The van der Waals surface area contributed by atoms with Gasteiger partial charge in [-0.15, -0.1) is 17.9 Å². The summed E-state index contributed by atoms with van der Waals surface area (Å²) in [5.74, 6) is -0.413. The Balaban J connectivity index is 2.25. The van der Waals surface area contributed by atoms with Crippen molar-refractivity contribution in [3.8, 4) is 0 Å². The Bertz CT molecular complexity index is 1080. The molecule has 1 heterocycles. The molecule has 1 aromatic carbocycles. The molecule has 2 amide bonds. The molecule has 2 rings (SSSR count). The monoisotopic (exact) mass is 496 g/mol. The Morgan fingerprint density at radius 3 is 2.42 bits per heavy atom. The smallest absolute Gasteiger partial charge is 0.407 e. The minimum Gasteiger partial charge on any atom is -0.453 e. The normalized spacial score (nSPS) is 13.0. The largest absolute Gasteiger partial charge is 0.453 e. The zero-order valence-corrected chi connectivity index (χ0v) is 20.3. The number of ether oxygens (including phenoxy) is 1. The molecular formula is C21H28N4O6S2. The summed E-state index contributed by atoms with van der Waals surface area (Å²) in [5.41, 5.74) is 2.39. The van der Waals surface area contributed by atoms with Gasteiger partial charge in [-0.05, 0) is 43.9 Å². The average molecular weight is 497 g/mol. The molecule has 0 bridgehead atoms. The third-order valence-corrected chi connectivity index (χ3v) is 6.04. The van der Waals surface area contributed by atoms with Gasteiger partial charge in [-0.3, -0.25) is 14.1 Å². The number of aromatic nitrogens is 1. The summed E-state index contributed by atoms with van der Waals surface area (Å²) in [4.78, 5) is 29.3. The van der Waals surface area contributed by atoms with Gasteiger partial charge in [0.2, 0.25) is 5.91 Å². The molecule has 12 heteroatoms. The first-order chi connectivity index (χ1) is 15.5. The first-order valence-electron chi connectivity index (χ1n) is 10.1. The maximum Gasteiger partial charge on any atom is 0.407 e. The van der Waals surface area contributed by atoms with Crippen LogP contribution in [0.1, 0.15) is 42.6 Å². The molecule has 2 atom stereocenters. The van der Waals surface area contributed by atoms with Crippen molar-refractivity contribution in [2.24, 2.45) is 0 Å².